The number of hydrogen-bond donors (Lipinski definition) is 0. The van der Waals surface area contributed by atoms with Gasteiger partial charge in [0.1, 0.15) is 11.2 Å². The van der Waals surface area contributed by atoms with Crippen LogP contribution in [0, 0.1) is 0 Å². The minimum atomic E-state index is 0.879. The van der Waals surface area contributed by atoms with Gasteiger partial charge in [-0.2, -0.15) is 0 Å². The average Bonchev–Trinajstić information content (AvgIpc) is 3.86. The van der Waals surface area contributed by atoms with E-state index in [9.17, 15) is 0 Å². The highest BCUT2D eigenvalue weighted by Crippen LogP contribution is 2.48. The minimum absolute atomic E-state index is 0.879. The van der Waals surface area contributed by atoms with Crippen molar-refractivity contribution in [3.63, 3.8) is 0 Å². The van der Waals surface area contributed by atoms with E-state index in [0.717, 1.165) is 50.1 Å². The molecule has 8 aromatic carbocycles. The predicted molar refractivity (Wildman–Crippen MR) is 213 cm³/mol. The van der Waals surface area contributed by atoms with Crippen LogP contribution in [0.25, 0.3) is 80.4 Å². The van der Waals surface area contributed by atoms with E-state index in [1.54, 1.807) is 0 Å². The Labute approximate surface area is 291 Å². The van der Waals surface area contributed by atoms with Crippen LogP contribution in [0.4, 0.5) is 17.1 Å². The number of rotatable bonds is 4. The Balaban J connectivity index is 1.18. The molecule has 0 saturated heterocycles. The molecule has 0 saturated carbocycles. The fourth-order valence-corrected chi connectivity index (χ4v) is 9.20. The van der Waals surface area contributed by atoms with E-state index in [1.165, 1.54) is 47.4 Å². The van der Waals surface area contributed by atoms with Crippen molar-refractivity contribution in [3.05, 3.63) is 170 Å². The standard InChI is InChI=1S/C46H28N2OS/c1-2-12-32-29(11-1)23-28-37-44-40(19-10-21-42(44)49-45(32)37)48(41-20-9-16-36-35-15-5-8-22-43(35)50-46(36)41)31-26-24-30(25-27-31)47-38-17-6-3-13-33(38)34-14-4-7-18-39(34)47/h1-28H. The van der Waals surface area contributed by atoms with Gasteiger partial charge in [0.25, 0.3) is 0 Å². The number of nitrogens with zero attached hydrogens (tertiary/aromatic N) is 2. The van der Waals surface area contributed by atoms with Gasteiger partial charge in [0, 0.05) is 48.4 Å². The van der Waals surface area contributed by atoms with Crippen molar-refractivity contribution in [2.45, 2.75) is 0 Å². The lowest BCUT2D eigenvalue weighted by molar-refractivity contribution is 0.672. The molecule has 3 aromatic heterocycles. The number of thiophene rings is 1. The summed E-state index contributed by atoms with van der Waals surface area (Å²) in [4.78, 5) is 2.43. The maximum absolute atomic E-state index is 6.69. The quantitative estimate of drug-likeness (QED) is 0.188. The van der Waals surface area contributed by atoms with Crippen LogP contribution in [0.3, 0.4) is 0 Å². The minimum Gasteiger partial charge on any atom is -0.455 e. The Morgan fingerprint density at radius 2 is 1.10 bits per heavy atom. The molecule has 0 aliphatic carbocycles. The Bertz CT molecular complexity index is 3060. The van der Waals surface area contributed by atoms with Crippen molar-refractivity contribution in [2.24, 2.45) is 0 Å². The van der Waals surface area contributed by atoms with Crippen molar-refractivity contribution < 1.29 is 4.42 Å². The zero-order valence-electron chi connectivity index (χ0n) is 26.9. The molecule has 3 nitrogen and oxygen atoms in total. The van der Waals surface area contributed by atoms with Crippen LogP contribution in [0.15, 0.2) is 174 Å². The maximum atomic E-state index is 6.69. The maximum Gasteiger partial charge on any atom is 0.143 e. The fraction of sp³-hybridized carbons (Fsp3) is 0. The predicted octanol–water partition coefficient (Wildman–Crippen LogP) is 13.7. The summed E-state index contributed by atoms with van der Waals surface area (Å²) in [5.74, 6) is 0. The zero-order chi connectivity index (χ0) is 32.8. The van der Waals surface area contributed by atoms with Crippen LogP contribution in [0.1, 0.15) is 0 Å². The van der Waals surface area contributed by atoms with Crippen LogP contribution in [-0.2, 0) is 0 Å². The molecular formula is C46H28N2OS. The number of para-hydroxylation sites is 2. The highest BCUT2D eigenvalue weighted by atomic mass is 32.1. The van der Waals surface area contributed by atoms with E-state index >= 15 is 0 Å². The Kier molecular flexibility index (Phi) is 5.83. The van der Waals surface area contributed by atoms with E-state index in [0.29, 0.717) is 0 Å². The van der Waals surface area contributed by atoms with E-state index in [1.807, 2.05) is 11.3 Å². The molecule has 50 heavy (non-hydrogen) atoms. The molecule has 234 valence electrons. The molecule has 0 unspecified atom stereocenters. The van der Waals surface area contributed by atoms with Crippen molar-refractivity contribution >= 4 is 103 Å². The van der Waals surface area contributed by atoms with Crippen molar-refractivity contribution in [3.8, 4) is 5.69 Å². The molecule has 0 spiro atoms. The summed E-state index contributed by atoms with van der Waals surface area (Å²) < 4.78 is 11.6. The van der Waals surface area contributed by atoms with Gasteiger partial charge in [-0.05, 0) is 72.1 Å². The number of benzene rings is 8. The number of anilines is 3. The molecule has 0 amide bonds. The lowest BCUT2D eigenvalue weighted by Crippen LogP contribution is -2.10. The molecule has 0 aliphatic heterocycles. The van der Waals surface area contributed by atoms with Crippen LogP contribution in [0.5, 0.6) is 0 Å². The second-order valence-electron chi connectivity index (χ2n) is 12.9. The molecule has 3 heterocycles. The topological polar surface area (TPSA) is 21.3 Å². The third-order valence-corrected chi connectivity index (χ3v) is 11.4. The van der Waals surface area contributed by atoms with Gasteiger partial charge in [-0.25, -0.2) is 0 Å². The molecule has 0 bridgehead atoms. The van der Waals surface area contributed by atoms with Gasteiger partial charge in [0.05, 0.1) is 32.5 Å². The fourth-order valence-electron chi connectivity index (χ4n) is 7.99. The third kappa shape index (κ3) is 3.91. The smallest absolute Gasteiger partial charge is 0.143 e. The van der Waals surface area contributed by atoms with Gasteiger partial charge in [-0.15, -0.1) is 11.3 Å². The zero-order valence-corrected chi connectivity index (χ0v) is 27.7. The highest BCUT2D eigenvalue weighted by Gasteiger charge is 2.23. The largest absolute Gasteiger partial charge is 0.455 e. The van der Waals surface area contributed by atoms with E-state index in [4.69, 9.17) is 4.42 Å². The van der Waals surface area contributed by atoms with E-state index < -0.39 is 0 Å². The van der Waals surface area contributed by atoms with Crippen molar-refractivity contribution in [2.75, 3.05) is 4.90 Å². The first-order valence-electron chi connectivity index (χ1n) is 16.9. The molecule has 0 N–H and O–H groups in total. The van der Waals surface area contributed by atoms with Crippen molar-refractivity contribution in [1.82, 2.24) is 4.57 Å². The first-order valence-corrected chi connectivity index (χ1v) is 17.8. The van der Waals surface area contributed by atoms with Gasteiger partial charge in [0.2, 0.25) is 0 Å². The number of hydrogen-bond acceptors (Lipinski definition) is 3. The van der Waals surface area contributed by atoms with Crippen LogP contribution in [-0.4, -0.2) is 4.57 Å². The molecule has 0 fully saturated rings. The summed E-state index contributed by atoms with van der Waals surface area (Å²) in [7, 11) is 0. The molecule has 11 aromatic rings. The molecule has 4 heteroatoms. The summed E-state index contributed by atoms with van der Waals surface area (Å²) in [6.07, 6.45) is 0. The van der Waals surface area contributed by atoms with Crippen LogP contribution < -0.4 is 4.90 Å². The number of furan rings is 1. The van der Waals surface area contributed by atoms with Crippen LogP contribution >= 0.6 is 11.3 Å². The summed E-state index contributed by atoms with van der Waals surface area (Å²) in [5.41, 5.74) is 8.66. The molecule has 0 atom stereocenters. The Hall–Kier alpha value is -6.36. The molecule has 11 rings (SSSR count). The first-order chi connectivity index (χ1) is 24.8. The third-order valence-electron chi connectivity index (χ3n) is 10.2. The van der Waals surface area contributed by atoms with E-state index in [-0.39, 0.29) is 0 Å². The van der Waals surface area contributed by atoms with Crippen molar-refractivity contribution in [1.29, 1.82) is 0 Å². The summed E-state index contributed by atoms with van der Waals surface area (Å²) in [5, 5.41) is 9.60. The van der Waals surface area contributed by atoms with Gasteiger partial charge in [0.15, 0.2) is 0 Å². The number of fused-ring (bicyclic) bond motifs is 11. The summed E-state index contributed by atoms with van der Waals surface area (Å²) >= 11 is 1.85. The Morgan fingerprint density at radius 1 is 0.460 bits per heavy atom. The highest BCUT2D eigenvalue weighted by molar-refractivity contribution is 7.26. The summed E-state index contributed by atoms with van der Waals surface area (Å²) in [6, 6.07) is 61.2. The monoisotopic (exact) mass is 656 g/mol. The SMILES string of the molecule is c1ccc2c(c1)ccc1c2oc2cccc(N(c3ccc(-n4c5ccccc5c5ccccc54)cc3)c3cccc4c3sc3ccccc34)c21. The molecular weight excluding hydrogens is 629 g/mol. The second-order valence-corrected chi connectivity index (χ2v) is 13.9. The van der Waals surface area contributed by atoms with Gasteiger partial charge >= 0.3 is 0 Å². The second kappa shape index (κ2) is 10.6. The Morgan fingerprint density at radius 3 is 1.90 bits per heavy atom. The van der Waals surface area contributed by atoms with E-state index in [2.05, 4.69) is 179 Å². The van der Waals surface area contributed by atoms with Gasteiger partial charge in [-0.3, -0.25) is 0 Å². The average molecular weight is 657 g/mol. The normalized spacial score (nSPS) is 12.0. The van der Waals surface area contributed by atoms with Gasteiger partial charge < -0.3 is 13.9 Å². The molecule has 0 aliphatic rings. The number of aromatic nitrogens is 1. The first kappa shape index (κ1) is 27.6. The summed E-state index contributed by atoms with van der Waals surface area (Å²) in [6.45, 7) is 0. The molecule has 0 radical (unpaired) electrons. The van der Waals surface area contributed by atoms with Crippen LogP contribution in [0.2, 0.25) is 0 Å². The van der Waals surface area contributed by atoms with Gasteiger partial charge in [-0.1, -0.05) is 103 Å². The lowest BCUT2D eigenvalue weighted by Gasteiger charge is -2.27. The lowest BCUT2D eigenvalue weighted by atomic mass is 10.0.